The van der Waals surface area contributed by atoms with Gasteiger partial charge in [0.1, 0.15) is 17.3 Å². The van der Waals surface area contributed by atoms with E-state index in [0.717, 1.165) is 12.8 Å². The Bertz CT molecular complexity index is 394. The third-order valence-electron chi connectivity index (χ3n) is 3.40. The molecule has 18 heavy (non-hydrogen) atoms. The zero-order chi connectivity index (χ0) is 13.1. The molecule has 1 aliphatic rings. The molecule has 2 N–H and O–H groups in total. The highest BCUT2D eigenvalue weighted by atomic mass is 19.1. The fourth-order valence-corrected chi connectivity index (χ4v) is 2.35. The Morgan fingerprint density at radius 3 is 2.28 bits per heavy atom. The minimum Gasteiger partial charge on any atom is -0.381 e. The Hall–Kier alpha value is -1.20. The number of ether oxygens (including phenoxy) is 1. The maximum Gasteiger partial charge on any atom is 0.149 e. The highest BCUT2D eigenvalue weighted by Crippen LogP contribution is 2.28. The van der Waals surface area contributed by atoms with E-state index >= 15 is 0 Å². The molecule has 1 aromatic carbocycles. The van der Waals surface area contributed by atoms with Crippen molar-refractivity contribution >= 4 is 5.69 Å². The second kappa shape index (κ2) is 5.63. The van der Waals surface area contributed by atoms with Crippen LogP contribution in [-0.4, -0.2) is 26.3 Å². The van der Waals surface area contributed by atoms with Crippen LogP contribution in [0.15, 0.2) is 12.1 Å². The summed E-state index contributed by atoms with van der Waals surface area (Å²) in [5.41, 5.74) is 5.92. The molecule has 0 saturated carbocycles. The molecule has 5 heteroatoms. The topological polar surface area (TPSA) is 38.5 Å². The van der Waals surface area contributed by atoms with E-state index in [9.17, 15) is 8.78 Å². The van der Waals surface area contributed by atoms with E-state index in [1.807, 2.05) is 0 Å². The van der Waals surface area contributed by atoms with E-state index in [2.05, 4.69) is 0 Å². The van der Waals surface area contributed by atoms with Crippen LogP contribution >= 0.6 is 0 Å². The molecule has 0 radical (unpaired) electrons. The Labute approximate surface area is 106 Å². The first-order valence-electron chi connectivity index (χ1n) is 6.11. The van der Waals surface area contributed by atoms with E-state index in [4.69, 9.17) is 10.5 Å². The summed E-state index contributed by atoms with van der Waals surface area (Å²) in [4.78, 5) is 1.74. The molecule has 0 unspecified atom stereocenters. The van der Waals surface area contributed by atoms with E-state index in [1.54, 1.807) is 12.0 Å². The first-order chi connectivity index (χ1) is 8.65. The van der Waals surface area contributed by atoms with Gasteiger partial charge >= 0.3 is 0 Å². The van der Waals surface area contributed by atoms with Crippen LogP contribution in [0.25, 0.3) is 0 Å². The van der Waals surface area contributed by atoms with Crippen molar-refractivity contribution in [2.75, 3.05) is 25.1 Å². The van der Waals surface area contributed by atoms with Crippen LogP contribution < -0.4 is 10.6 Å². The second-order valence-electron chi connectivity index (χ2n) is 4.53. The van der Waals surface area contributed by atoms with Crippen LogP contribution in [0, 0.1) is 11.6 Å². The lowest BCUT2D eigenvalue weighted by Gasteiger charge is -2.33. The maximum atomic E-state index is 13.9. The van der Waals surface area contributed by atoms with Gasteiger partial charge in [-0.2, -0.15) is 0 Å². The molecule has 1 heterocycles. The van der Waals surface area contributed by atoms with Gasteiger partial charge in [0.05, 0.1) is 6.10 Å². The number of nitrogens with two attached hydrogens (primary N) is 1. The number of piperidine rings is 1. The maximum absolute atomic E-state index is 13.9. The zero-order valence-corrected chi connectivity index (χ0v) is 10.5. The van der Waals surface area contributed by atoms with Gasteiger partial charge in [-0.1, -0.05) is 0 Å². The minimum atomic E-state index is -0.536. The summed E-state index contributed by atoms with van der Waals surface area (Å²) in [6.07, 6.45) is 1.76. The number of hydrogen-bond donors (Lipinski definition) is 1. The smallest absolute Gasteiger partial charge is 0.149 e. The van der Waals surface area contributed by atoms with Crippen molar-refractivity contribution in [3.8, 4) is 0 Å². The molecule has 0 amide bonds. The van der Waals surface area contributed by atoms with Crippen molar-refractivity contribution in [3.05, 3.63) is 29.3 Å². The first-order valence-corrected chi connectivity index (χ1v) is 6.11. The quantitative estimate of drug-likeness (QED) is 0.899. The molecular weight excluding hydrogens is 238 g/mol. The fourth-order valence-electron chi connectivity index (χ4n) is 2.35. The molecule has 0 spiro atoms. The molecule has 3 nitrogen and oxygen atoms in total. The molecule has 1 fully saturated rings. The van der Waals surface area contributed by atoms with Crippen LogP contribution in [0.5, 0.6) is 0 Å². The van der Waals surface area contributed by atoms with Gasteiger partial charge in [0.15, 0.2) is 0 Å². The monoisotopic (exact) mass is 256 g/mol. The van der Waals surface area contributed by atoms with E-state index < -0.39 is 11.6 Å². The fraction of sp³-hybridized carbons (Fsp3) is 0.538. The second-order valence-corrected chi connectivity index (χ2v) is 4.53. The number of nitrogens with zero attached hydrogens (tertiary/aromatic N) is 1. The summed E-state index contributed by atoms with van der Waals surface area (Å²) in [5.74, 6) is -1.07. The average molecular weight is 256 g/mol. The molecule has 0 bridgehead atoms. The number of benzene rings is 1. The Morgan fingerprint density at radius 2 is 1.83 bits per heavy atom. The predicted molar refractivity (Wildman–Crippen MR) is 66.5 cm³/mol. The normalized spacial score (nSPS) is 17.2. The van der Waals surface area contributed by atoms with Crippen LogP contribution in [0.1, 0.15) is 18.4 Å². The molecule has 0 aromatic heterocycles. The van der Waals surface area contributed by atoms with Crippen LogP contribution in [0.3, 0.4) is 0 Å². The number of anilines is 1. The summed E-state index contributed by atoms with van der Waals surface area (Å²) >= 11 is 0. The van der Waals surface area contributed by atoms with Crippen molar-refractivity contribution in [1.29, 1.82) is 0 Å². The van der Waals surface area contributed by atoms with E-state index in [-0.39, 0.29) is 18.3 Å². The lowest BCUT2D eigenvalue weighted by atomic mass is 10.1. The summed E-state index contributed by atoms with van der Waals surface area (Å²) in [6.45, 7) is 1.35. The van der Waals surface area contributed by atoms with Crippen LogP contribution in [0.4, 0.5) is 14.5 Å². The van der Waals surface area contributed by atoms with Crippen molar-refractivity contribution in [2.24, 2.45) is 5.73 Å². The van der Waals surface area contributed by atoms with E-state index in [1.165, 1.54) is 12.1 Å². The molecule has 1 saturated heterocycles. The van der Waals surface area contributed by atoms with Crippen molar-refractivity contribution < 1.29 is 13.5 Å². The van der Waals surface area contributed by atoms with Gasteiger partial charge in [0.2, 0.25) is 0 Å². The van der Waals surface area contributed by atoms with Gasteiger partial charge in [-0.25, -0.2) is 8.78 Å². The highest BCUT2D eigenvalue weighted by Gasteiger charge is 2.23. The summed E-state index contributed by atoms with van der Waals surface area (Å²) in [6, 6.07) is 2.61. The number of halogens is 2. The molecule has 2 rings (SSSR count). The van der Waals surface area contributed by atoms with Crippen molar-refractivity contribution in [2.45, 2.75) is 25.5 Å². The summed E-state index contributed by atoms with van der Waals surface area (Å²) in [5, 5.41) is 0. The van der Waals surface area contributed by atoms with Gasteiger partial charge < -0.3 is 15.4 Å². The molecular formula is C13H18F2N2O. The average Bonchev–Trinajstić information content (AvgIpc) is 2.38. The Balaban J connectivity index is 2.19. The number of hydrogen-bond acceptors (Lipinski definition) is 3. The van der Waals surface area contributed by atoms with Crippen molar-refractivity contribution in [3.63, 3.8) is 0 Å². The van der Waals surface area contributed by atoms with Crippen LogP contribution in [0.2, 0.25) is 0 Å². The molecule has 100 valence electrons. The summed E-state index contributed by atoms with van der Waals surface area (Å²) < 4.78 is 33.0. The summed E-state index contributed by atoms with van der Waals surface area (Å²) in [7, 11) is 1.66. The Kier molecular flexibility index (Phi) is 4.14. The first kappa shape index (κ1) is 13.2. The van der Waals surface area contributed by atoms with Gasteiger partial charge in [0.25, 0.3) is 0 Å². The predicted octanol–water partition coefficient (Wildman–Crippen LogP) is 2.04. The minimum absolute atomic E-state index is 0.0572. The van der Waals surface area contributed by atoms with Gasteiger partial charge in [-0.05, 0) is 30.5 Å². The zero-order valence-electron chi connectivity index (χ0n) is 10.5. The van der Waals surface area contributed by atoms with Crippen LogP contribution in [-0.2, 0) is 11.3 Å². The Morgan fingerprint density at radius 1 is 1.28 bits per heavy atom. The van der Waals surface area contributed by atoms with Gasteiger partial charge in [-0.3, -0.25) is 0 Å². The standard InChI is InChI=1S/C13H18F2N2O/c1-18-10-2-4-17(5-3-10)13-11(14)6-9(8-16)7-12(13)15/h6-7,10H,2-5,8,16H2,1H3. The van der Waals surface area contributed by atoms with E-state index in [0.29, 0.717) is 18.7 Å². The number of methoxy groups -OCH3 is 1. The largest absolute Gasteiger partial charge is 0.381 e. The molecule has 0 aliphatic carbocycles. The van der Waals surface area contributed by atoms with Crippen molar-refractivity contribution in [1.82, 2.24) is 0 Å². The van der Waals surface area contributed by atoms with Gasteiger partial charge in [0, 0.05) is 26.7 Å². The lowest BCUT2D eigenvalue weighted by Crippen LogP contribution is -2.37. The molecule has 1 aliphatic heterocycles. The van der Waals surface area contributed by atoms with Gasteiger partial charge in [-0.15, -0.1) is 0 Å². The highest BCUT2D eigenvalue weighted by molar-refractivity contribution is 5.51. The third kappa shape index (κ3) is 2.62. The molecule has 0 atom stereocenters. The SMILES string of the molecule is COC1CCN(c2c(F)cc(CN)cc2F)CC1. The third-order valence-corrected chi connectivity index (χ3v) is 3.40. The number of rotatable bonds is 3. The molecule has 1 aromatic rings. The lowest BCUT2D eigenvalue weighted by molar-refractivity contribution is 0.0817.